The summed E-state index contributed by atoms with van der Waals surface area (Å²) < 4.78 is 57.3. The van der Waals surface area contributed by atoms with Crippen LogP contribution in [0, 0.1) is 5.82 Å². The fourth-order valence-electron chi connectivity index (χ4n) is 2.59. The number of alkyl halides is 3. The second-order valence-corrected chi connectivity index (χ2v) is 5.70. The average Bonchev–Trinajstić information content (AvgIpc) is 2.95. The molecule has 0 atom stereocenters. The predicted molar refractivity (Wildman–Crippen MR) is 85.9 cm³/mol. The Kier molecular flexibility index (Phi) is 4.69. The van der Waals surface area contributed by atoms with Crippen LogP contribution in [-0.2, 0) is 24.0 Å². The number of furan rings is 1. The molecule has 2 aromatic carbocycles. The van der Waals surface area contributed by atoms with Crippen molar-refractivity contribution in [1.29, 1.82) is 0 Å². The third kappa shape index (κ3) is 3.85. The van der Waals surface area contributed by atoms with Gasteiger partial charge in [-0.3, -0.25) is 4.79 Å². The fourth-order valence-corrected chi connectivity index (χ4v) is 2.59. The topological polar surface area (TPSA) is 62.5 Å². The maximum Gasteiger partial charge on any atom is 0.416 e. The molecule has 8 heteroatoms. The van der Waals surface area contributed by atoms with Gasteiger partial charge in [0.2, 0.25) is 5.91 Å². The highest BCUT2D eigenvalue weighted by Gasteiger charge is 2.31. The molecule has 0 aliphatic carbocycles. The van der Waals surface area contributed by atoms with Crippen LogP contribution in [0.3, 0.4) is 0 Å². The zero-order valence-corrected chi connectivity index (χ0v) is 13.2. The van der Waals surface area contributed by atoms with Gasteiger partial charge in [-0.15, -0.1) is 0 Å². The molecule has 0 fully saturated rings. The smallest absolute Gasteiger partial charge is 0.416 e. The standard InChI is InChI=1S/C18H13F4NO3/c19-13-1-2-16-15(7-13)11(9-26-16)5-17(25)23-14-4-10(8-24)3-12(6-14)18(20,21)22/h1-4,6-7,9,24H,5,8H2,(H,23,25). The lowest BCUT2D eigenvalue weighted by Gasteiger charge is -2.12. The number of carbonyl (C=O) groups excluding carboxylic acids is 1. The van der Waals surface area contributed by atoms with E-state index in [0.29, 0.717) is 16.5 Å². The summed E-state index contributed by atoms with van der Waals surface area (Å²) in [4.78, 5) is 12.2. The Bertz CT molecular complexity index is 963. The number of anilines is 1. The molecule has 0 spiro atoms. The fraction of sp³-hybridized carbons (Fsp3) is 0.167. The number of hydrogen-bond donors (Lipinski definition) is 2. The Morgan fingerprint density at radius 3 is 2.62 bits per heavy atom. The zero-order chi connectivity index (χ0) is 18.9. The number of aliphatic hydroxyl groups is 1. The van der Waals surface area contributed by atoms with Gasteiger partial charge >= 0.3 is 6.18 Å². The third-order valence-corrected chi connectivity index (χ3v) is 3.75. The lowest BCUT2D eigenvalue weighted by Crippen LogP contribution is -2.15. The normalized spacial score (nSPS) is 11.7. The Hall–Kier alpha value is -2.87. The molecule has 1 heterocycles. The number of carbonyl (C=O) groups is 1. The molecule has 1 amide bonds. The quantitative estimate of drug-likeness (QED) is 0.677. The van der Waals surface area contributed by atoms with Gasteiger partial charge in [0, 0.05) is 16.6 Å². The predicted octanol–water partition coefficient (Wildman–Crippen LogP) is 4.26. The summed E-state index contributed by atoms with van der Waals surface area (Å²) in [7, 11) is 0. The second-order valence-electron chi connectivity index (χ2n) is 5.70. The molecule has 0 saturated heterocycles. The molecule has 4 nitrogen and oxygen atoms in total. The minimum Gasteiger partial charge on any atom is -0.464 e. The van der Waals surface area contributed by atoms with E-state index in [1.54, 1.807) is 0 Å². The van der Waals surface area contributed by atoms with E-state index in [-0.39, 0.29) is 17.7 Å². The summed E-state index contributed by atoms with van der Waals surface area (Å²) in [6, 6.07) is 6.70. The molecule has 0 saturated carbocycles. The molecular formula is C18H13F4NO3. The highest BCUT2D eigenvalue weighted by molar-refractivity contribution is 5.95. The number of amides is 1. The van der Waals surface area contributed by atoms with E-state index in [1.165, 1.54) is 30.5 Å². The number of hydrogen-bond acceptors (Lipinski definition) is 3. The SMILES string of the molecule is O=C(Cc1coc2ccc(F)cc12)Nc1cc(CO)cc(C(F)(F)F)c1. The first-order chi connectivity index (χ1) is 12.3. The van der Waals surface area contributed by atoms with Crippen molar-refractivity contribution in [2.45, 2.75) is 19.2 Å². The lowest BCUT2D eigenvalue weighted by molar-refractivity contribution is -0.137. The van der Waals surface area contributed by atoms with E-state index < -0.39 is 30.1 Å². The van der Waals surface area contributed by atoms with Crippen LogP contribution in [0.15, 0.2) is 47.1 Å². The maximum atomic E-state index is 13.3. The number of benzene rings is 2. The Morgan fingerprint density at radius 2 is 1.92 bits per heavy atom. The molecule has 136 valence electrons. The molecule has 0 radical (unpaired) electrons. The van der Waals surface area contributed by atoms with Crippen molar-refractivity contribution in [3.05, 3.63) is 65.2 Å². The number of fused-ring (bicyclic) bond motifs is 1. The van der Waals surface area contributed by atoms with Crippen LogP contribution >= 0.6 is 0 Å². The highest BCUT2D eigenvalue weighted by Crippen LogP contribution is 2.32. The van der Waals surface area contributed by atoms with Crippen molar-refractivity contribution in [2.24, 2.45) is 0 Å². The van der Waals surface area contributed by atoms with Crippen molar-refractivity contribution in [1.82, 2.24) is 0 Å². The number of halogens is 4. The van der Waals surface area contributed by atoms with Crippen LogP contribution in [-0.4, -0.2) is 11.0 Å². The van der Waals surface area contributed by atoms with Crippen LogP contribution in [0.4, 0.5) is 23.2 Å². The van der Waals surface area contributed by atoms with Gasteiger partial charge in [-0.25, -0.2) is 4.39 Å². The minimum absolute atomic E-state index is 0.0194. The second kappa shape index (κ2) is 6.80. The van der Waals surface area contributed by atoms with Gasteiger partial charge in [0.05, 0.1) is 24.9 Å². The summed E-state index contributed by atoms with van der Waals surface area (Å²) >= 11 is 0. The molecule has 0 unspecified atom stereocenters. The van der Waals surface area contributed by atoms with E-state index in [4.69, 9.17) is 9.52 Å². The van der Waals surface area contributed by atoms with E-state index >= 15 is 0 Å². The molecule has 3 rings (SSSR count). The Labute approximate surface area is 145 Å². The van der Waals surface area contributed by atoms with Gasteiger partial charge in [0.1, 0.15) is 11.4 Å². The van der Waals surface area contributed by atoms with Crippen molar-refractivity contribution < 1.29 is 31.9 Å². The molecule has 1 aromatic heterocycles. The number of nitrogens with one attached hydrogen (secondary N) is 1. The van der Waals surface area contributed by atoms with Crippen LogP contribution < -0.4 is 5.32 Å². The summed E-state index contributed by atoms with van der Waals surface area (Å²) in [5.74, 6) is -1.09. The van der Waals surface area contributed by atoms with Gasteiger partial charge in [-0.2, -0.15) is 13.2 Å². The monoisotopic (exact) mass is 367 g/mol. The summed E-state index contributed by atoms with van der Waals surface area (Å²) in [5, 5.41) is 11.9. The molecule has 0 aliphatic rings. The number of aliphatic hydroxyl groups excluding tert-OH is 1. The molecule has 2 N–H and O–H groups in total. The molecule has 0 aliphatic heterocycles. The summed E-state index contributed by atoms with van der Waals surface area (Å²) in [6.45, 7) is -0.599. The van der Waals surface area contributed by atoms with E-state index in [0.717, 1.165) is 12.1 Å². The van der Waals surface area contributed by atoms with E-state index in [1.807, 2.05) is 0 Å². The first-order valence-electron chi connectivity index (χ1n) is 7.54. The third-order valence-electron chi connectivity index (χ3n) is 3.75. The minimum atomic E-state index is -4.61. The molecular weight excluding hydrogens is 354 g/mol. The van der Waals surface area contributed by atoms with Crippen LogP contribution in [0.2, 0.25) is 0 Å². The van der Waals surface area contributed by atoms with Crippen LogP contribution in [0.25, 0.3) is 11.0 Å². The van der Waals surface area contributed by atoms with Gasteiger partial charge in [0.25, 0.3) is 0 Å². The largest absolute Gasteiger partial charge is 0.464 e. The van der Waals surface area contributed by atoms with Gasteiger partial charge in [0.15, 0.2) is 0 Å². The van der Waals surface area contributed by atoms with Gasteiger partial charge in [-0.1, -0.05) is 0 Å². The first-order valence-corrected chi connectivity index (χ1v) is 7.54. The highest BCUT2D eigenvalue weighted by atomic mass is 19.4. The first kappa shape index (κ1) is 17.9. The van der Waals surface area contributed by atoms with Crippen molar-refractivity contribution in [2.75, 3.05) is 5.32 Å². The molecule has 26 heavy (non-hydrogen) atoms. The van der Waals surface area contributed by atoms with E-state index in [9.17, 15) is 22.4 Å². The average molecular weight is 367 g/mol. The maximum absolute atomic E-state index is 13.3. The van der Waals surface area contributed by atoms with E-state index in [2.05, 4.69) is 5.32 Å². The van der Waals surface area contributed by atoms with Crippen molar-refractivity contribution in [3.63, 3.8) is 0 Å². The van der Waals surface area contributed by atoms with Gasteiger partial charge in [-0.05, 0) is 42.0 Å². The lowest BCUT2D eigenvalue weighted by atomic mass is 10.1. The summed E-state index contributed by atoms with van der Waals surface area (Å²) in [6.07, 6.45) is -3.51. The zero-order valence-electron chi connectivity index (χ0n) is 13.2. The Morgan fingerprint density at radius 1 is 1.15 bits per heavy atom. The molecule has 0 bridgehead atoms. The van der Waals surface area contributed by atoms with Crippen LogP contribution in [0.1, 0.15) is 16.7 Å². The molecule has 3 aromatic rings. The Balaban J connectivity index is 1.82. The van der Waals surface area contributed by atoms with Crippen molar-refractivity contribution >= 4 is 22.6 Å². The van der Waals surface area contributed by atoms with Crippen LogP contribution in [0.5, 0.6) is 0 Å². The van der Waals surface area contributed by atoms with Crippen molar-refractivity contribution in [3.8, 4) is 0 Å². The van der Waals surface area contributed by atoms with Gasteiger partial charge < -0.3 is 14.8 Å². The number of rotatable bonds is 4. The summed E-state index contributed by atoms with van der Waals surface area (Å²) in [5.41, 5.74) is -0.240.